The predicted molar refractivity (Wildman–Crippen MR) is 115 cm³/mol. The van der Waals surface area contributed by atoms with Gasteiger partial charge in [0.15, 0.2) is 0 Å². The summed E-state index contributed by atoms with van der Waals surface area (Å²) in [5.41, 5.74) is 9.19. The van der Waals surface area contributed by atoms with E-state index in [2.05, 4.69) is 11.4 Å². The molecule has 2 aromatic carbocycles. The third-order valence-electron chi connectivity index (χ3n) is 4.48. The molecule has 0 unspecified atom stereocenters. The minimum atomic E-state index is -0.549. The van der Waals surface area contributed by atoms with Gasteiger partial charge in [0.25, 0.3) is 5.91 Å². The van der Waals surface area contributed by atoms with E-state index in [1.165, 1.54) is 5.56 Å². The molecule has 2 aromatic rings. The van der Waals surface area contributed by atoms with Crippen molar-refractivity contribution < 1.29 is 9.59 Å². The van der Waals surface area contributed by atoms with Gasteiger partial charge in [-0.25, -0.2) is 0 Å². The van der Waals surface area contributed by atoms with Gasteiger partial charge in [0, 0.05) is 23.5 Å². The number of halogens is 1. The molecule has 7 heteroatoms. The van der Waals surface area contributed by atoms with Crippen molar-refractivity contribution in [3.05, 3.63) is 59.7 Å². The number of nitrogens with one attached hydrogen (secondary N) is 1. The molecule has 0 saturated heterocycles. The van der Waals surface area contributed by atoms with E-state index >= 15 is 0 Å². The summed E-state index contributed by atoms with van der Waals surface area (Å²) in [6.45, 7) is 0.675. The number of nitrogens with zero attached hydrogens (tertiary/aromatic N) is 1. The lowest BCUT2D eigenvalue weighted by molar-refractivity contribution is -0.117. The zero-order chi connectivity index (χ0) is 18.5. The lowest BCUT2D eigenvalue weighted by Crippen LogP contribution is -2.36. The first-order valence-electron chi connectivity index (χ1n) is 8.65. The number of amides is 2. The van der Waals surface area contributed by atoms with Crippen LogP contribution in [0.2, 0.25) is 0 Å². The van der Waals surface area contributed by atoms with Gasteiger partial charge in [-0.15, -0.1) is 12.4 Å². The van der Waals surface area contributed by atoms with E-state index in [9.17, 15) is 9.59 Å². The fourth-order valence-corrected chi connectivity index (χ4v) is 3.54. The first kappa shape index (κ1) is 21.3. The minimum Gasteiger partial charge on any atom is -0.325 e. The summed E-state index contributed by atoms with van der Waals surface area (Å²) in [4.78, 5) is 26.9. The molecule has 0 aromatic heterocycles. The minimum absolute atomic E-state index is 0. The summed E-state index contributed by atoms with van der Waals surface area (Å²) in [5.74, 6) is 0.550. The van der Waals surface area contributed by atoms with Crippen molar-refractivity contribution in [2.24, 2.45) is 5.73 Å². The maximum Gasteiger partial charge on any atom is 0.258 e. The molecule has 0 aliphatic carbocycles. The summed E-state index contributed by atoms with van der Waals surface area (Å²) < 4.78 is 0. The molecule has 1 atom stereocenters. The van der Waals surface area contributed by atoms with Crippen LogP contribution in [0.3, 0.4) is 0 Å². The van der Waals surface area contributed by atoms with Gasteiger partial charge in [-0.05, 0) is 54.7 Å². The zero-order valence-electron chi connectivity index (χ0n) is 15.2. The second-order valence-electron chi connectivity index (χ2n) is 6.29. The van der Waals surface area contributed by atoms with Crippen LogP contribution in [0.25, 0.3) is 0 Å². The molecule has 1 heterocycles. The molecule has 1 aliphatic rings. The zero-order valence-corrected chi connectivity index (χ0v) is 16.8. The summed E-state index contributed by atoms with van der Waals surface area (Å²) in [6.07, 6.45) is 3.47. The van der Waals surface area contributed by atoms with Crippen LogP contribution in [0.15, 0.2) is 48.5 Å². The number of rotatable bonds is 6. The number of nitrogens with two attached hydrogens (primary N) is 1. The highest BCUT2D eigenvalue weighted by molar-refractivity contribution is 7.98. The molecule has 0 bridgehead atoms. The van der Waals surface area contributed by atoms with Gasteiger partial charge >= 0.3 is 0 Å². The Morgan fingerprint density at radius 3 is 2.78 bits per heavy atom. The van der Waals surface area contributed by atoms with Gasteiger partial charge in [0.1, 0.15) is 0 Å². The Balaban J connectivity index is 0.00000261. The molecule has 27 heavy (non-hydrogen) atoms. The summed E-state index contributed by atoms with van der Waals surface area (Å²) >= 11 is 1.66. The van der Waals surface area contributed by atoms with Crippen LogP contribution in [0.4, 0.5) is 11.4 Å². The van der Waals surface area contributed by atoms with Crippen LogP contribution in [0, 0.1) is 0 Å². The molecular formula is C20H24ClN3O2S. The topological polar surface area (TPSA) is 75.4 Å². The largest absolute Gasteiger partial charge is 0.325 e. The van der Waals surface area contributed by atoms with Crippen LogP contribution in [0.5, 0.6) is 0 Å². The fraction of sp³-hybridized carbons (Fsp3) is 0.300. The lowest BCUT2D eigenvalue weighted by Gasteiger charge is -2.18. The van der Waals surface area contributed by atoms with E-state index in [0.717, 1.165) is 17.9 Å². The number of fused-ring (bicyclic) bond motifs is 1. The number of para-hydroxylation sites is 1. The van der Waals surface area contributed by atoms with Crippen LogP contribution in [-0.2, 0) is 11.2 Å². The van der Waals surface area contributed by atoms with Crippen molar-refractivity contribution in [1.82, 2.24) is 0 Å². The molecule has 5 nitrogen and oxygen atoms in total. The number of anilines is 2. The van der Waals surface area contributed by atoms with Gasteiger partial charge in [-0.1, -0.05) is 24.3 Å². The maximum atomic E-state index is 12.9. The number of benzene rings is 2. The molecule has 1 aliphatic heterocycles. The molecule has 144 valence electrons. The fourth-order valence-electron chi connectivity index (χ4n) is 3.05. The van der Waals surface area contributed by atoms with Crippen LogP contribution < -0.4 is 16.0 Å². The third kappa shape index (κ3) is 5.03. The third-order valence-corrected chi connectivity index (χ3v) is 5.12. The van der Waals surface area contributed by atoms with Gasteiger partial charge in [0.05, 0.1) is 6.04 Å². The van der Waals surface area contributed by atoms with E-state index < -0.39 is 6.04 Å². The molecule has 0 fully saturated rings. The van der Waals surface area contributed by atoms with Gasteiger partial charge in [-0.3, -0.25) is 9.59 Å². The first-order valence-corrected chi connectivity index (χ1v) is 10.0. The number of carbonyl (C=O) groups excluding carboxylic acids is 2. The Kier molecular flexibility index (Phi) is 7.71. The van der Waals surface area contributed by atoms with Crippen LogP contribution in [-0.4, -0.2) is 36.4 Å². The van der Waals surface area contributed by atoms with E-state index in [1.54, 1.807) is 40.9 Å². The second kappa shape index (κ2) is 9.78. The Labute approximate surface area is 170 Å². The molecule has 3 N–H and O–H groups in total. The highest BCUT2D eigenvalue weighted by Gasteiger charge is 2.25. The van der Waals surface area contributed by atoms with Crippen molar-refractivity contribution in [3.8, 4) is 0 Å². The first-order chi connectivity index (χ1) is 12.6. The molecule has 3 rings (SSSR count). The number of thioether (sulfide) groups is 1. The van der Waals surface area contributed by atoms with Crippen LogP contribution >= 0.6 is 24.2 Å². The van der Waals surface area contributed by atoms with Gasteiger partial charge in [-0.2, -0.15) is 11.8 Å². The number of hydrogen-bond acceptors (Lipinski definition) is 4. The molecule has 0 radical (unpaired) electrons. The Morgan fingerprint density at radius 2 is 2.00 bits per heavy atom. The predicted octanol–water partition coefficient (Wildman–Crippen LogP) is 3.33. The normalized spacial score (nSPS) is 13.5. The standard InChI is InChI=1S/C20H23N3O2S.ClH/c1-26-12-10-17(21)19(24)22-16-7-4-6-15(13-16)20(25)23-11-9-14-5-2-3-8-18(14)23;/h2-8,13,17H,9-12,21H2,1H3,(H,22,24);1H/t17-;/m0./s1. The van der Waals surface area contributed by atoms with Crippen molar-refractivity contribution in [2.75, 3.05) is 28.8 Å². The van der Waals surface area contributed by atoms with Crippen LogP contribution in [0.1, 0.15) is 22.3 Å². The molecule has 2 amide bonds. The van der Waals surface area contributed by atoms with Gasteiger partial charge in [0.2, 0.25) is 5.91 Å². The van der Waals surface area contributed by atoms with E-state index in [1.807, 2.05) is 24.5 Å². The highest BCUT2D eigenvalue weighted by Crippen LogP contribution is 2.29. The van der Waals surface area contributed by atoms with Crippen molar-refractivity contribution in [1.29, 1.82) is 0 Å². The van der Waals surface area contributed by atoms with Crippen molar-refractivity contribution >= 4 is 47.4 Å². The van der Waals surface area contributed by atoms with E-state index in [-0.39, 0.29) is 24.2 Å². The number of hydrogen-bond donors (Lipinski definition) is 2. The average molecular weight is 406 g/mol. The molecule has 0 saturated carbocycles. The SMILES string of the molecule is CSCC[C@H](N)C(=O)Nc1cccc(C(=O)N2CCc3ccccc32)c1.Cl. The van der Waals surface area contributed by atoms with Gasteiger partial charge < -0.3 is 16.0 Å². The lowest BCUT2D eigenvalue weighted by atomic mass is 10.1. The summed E-state index contributed by atoms with van der Waals surface area (Å²) in [6, 6.07) is 14.4. The van der Waals surface area contributed by atoms with E-state index in [0.29, 0.717) is 24.2 Å². The quantitative estimate of drug-likeness (QED) is 0.772. The highest BCUT2D eigenvalue weighted by atomic mass is 35.5. The summed E-state index contributed by atoms with van der Waals surface area (Å²) in [5, 5.41) is 2.81. The molecular weight excluding hydrogens is 382 g/mol. The smallest absolute Gasteiger partial charge is 0.258 e. The Morgan fingerprint density at radius 1 is 1.22 bits per heavy atom. The average Bonchev–Trinajstić information content (AvgIpc) is 3.09. The van der Waals surface area contributed by atoms with Crippen molar-refractivity contribution in [2.45, 2.75) is 18.9 Å². The molecule has 0 spiro atoms. The Hall–Kier alpha value is -2.02. The van der Waals surface area contributed by atoms with Crippen molar-refractivity contribution in [3.63, 3.8) is 0 Å². The van der Waals surface area contributed by atoms with E-state index in [4.69, 9.17) is 5.73 Å². The monoisotopic (exact) mass is 405 g/mol. The second-order valence-corrected chi connectivity index (χ2v) is 7.28. The maximum absolute atomic E-state index is 12.9. The Bertz CT molecular complexity index is 815. The number of carbonyl (C=O) groups is 2. The summed E-state index contributed by atoms with van der Waals surface area (Å²) in [7, 11) is 0.